The third-order valence-corrected chi connectivity index (χ3v) is 7.99. The molecule has 0 unspecified atom stereocenters. The van der Waals surface area contributed by atoms with Crippen molar-refractivity contribution in [2.24, 2.45) is 0 Å². The molecule has 3 heterocycles. The SMILES string of the molecule is COC(=O)N[C@H]1CC[C@@H](n2ncc(-c3cc(Sc4ccc(F)cc4C#N)c4c(C#N)cnn4c3)c2C)CC1. The molecule has 0 atom stereocenters. The standard InChI is InChI=1S/C27H24FN7O2S/c1-16-23(14-32-35(16)22-6-4-21(5-7-22)33-27(36)37-2)18-10-25(26-19(12-30)13-31-34(26)15-18)38-24-8-3-20(28)9-17(24)11-29/h3,8-10,13-15,21-22H,4-7H2,1-2H3,(H,33,36)/t21-,22+. The number of hydrogen-bond acceptors (Lipinski definition) is 7. The molecule has 1 N–H and O–H groups in total. The van der Waals surface area contributed by atoms with Gasteiger partial charge in [-0.15, -0.1) is 0 Å². The van der Waals surface area contributed by atoms with Crippen LogP contribution in [0.5, 0.6) is 0 Å². The second-order valence-electron chi connectivity index (χ2n) is 9.14. The minimum atomic E-state index is -0.481. The summed E-state index contributed by atoms with van der Waals surface area (Å²) >= 11 is 1.29. The van der Waals surface area contributed by atoms with Crippen molar-refractivity contribution in [1.29, 1.82) is 10.5 Å². The molecular formula is C27H24FN7O2S. The Balaban J connectivity index is 1.48. The minimum absolute atomic E-state index is 0.0925. The first kappa shape index (κ1) is 25.3. The average molecular weight is 530 g/mol. The summed E-state index contributed by atoms with van der Waals surface area (Å²) in [6, 6.07) is 10.6. The first-order valence-corrected chi connectivity index (χ1v) is 12.9. The van der Waals surface area contributed by atoms with Gasteiger partial charge in [0.15, 0.2) is 0 Å². The topological polar surface area (TPSA) is 121 Å². The van der Waals surface area contributed by atoms with Crippen LogP contribution in [-0.2, 0) is 4.74 Å². The number of nitrogens with zero attached hydrogens (tertiary/aromatic N) is 6. The van der Waals surface area contributed by atoms with Gasteiger partial charge in [-0.25, -0.2) is 13.7 Å². The van der Waals surface area contributed by atoms with Gasteiger partial charge in [0, 0.05) is 38.9 Å². The Morgan fingerprint density at radius 2 is 1.87 bits per heavy atom. The summed E-state index contributed by atoms with van der Waals surface area (Å²) in [7, 11) is 1.36. The second kappa shape index (κ2) is 10.6. The van der Waals surface area contributed by atoms with E-state index in [0.29, 0.717) is 16.0 Å². The molecule has 1 fully saturated rings. The molecule has 0 bridgehead atoms. The van der Waals surface area contributed by atoms with Gasteiger partial charge in [-0.3, -0.25) is 4.68 Å². The summed E-state index contributed by atoms with van der Waals surface area (Å²) in [6.07, 6.45) is 8.23. The van der Waals surface area contributed by atoms with Crippen molar-refractivity contribution in [3.8, 4) is 23.3 Å². The number of nitriles is 2. The van der Waals surface area contributed by atoms with Crippen molar-refractivity contribution in [1.82, 2.24) is 24.7 Å². The molecule has 192 valence electrons. The van der Waals surface area contributed by atoms with Crippen molar-refractivity contribution < 1.29 is 13.9 Å². The van der Waals surface area contributed by atoms with Crippen LogP contribution in [0, 0.1) is 35.4 Å². The van der Waals surface area contributed by atoms with Gasteiger partial charge in [0.2, 0.25) is 0 Å². The summed E-state index contributed by atoms with van der Waals surface area (Å²) in [5, 5.41) is 31.1. The van der Waals surface area contributed by atoms with Gasteiger partial charge in [0.05, 0.1) is 42.2 Å². The van der Waals surface area contributed by atoms with Gasteiger partial charge in [-0.05, 0) is 56.9 Å². The minimum Gasteiger partial charge on any atom is -0.453 e. The van der Waals surface area contributed by atoms with Crippen LogP contribution < -0.4 is 5.32 Å². The molecule has 4 aromatic rings. The van der Waals surface area contributed by atoms with E-state index in [2.05, 4.69) is 16.5 Å². The predicted octanol–water partition coefficient (Wildman–Crippen LogP) is 5.38. The molecule has 38 heavy (non-hydrogen) atoms. The lowest BCUT2D eigenvalue weighted by molar-refractivity contribution is 0.160. The first-order valence-electron chi connectivity index (χ1n) is 12.1. The molecule has 1 saturated carbocycles. The second-order valence-corrected chi connectivity index (χ2v) is 10.2. The third-order valence-electron chi connectivity index (χ3n) is 6.88. The highest BCUT2D eigenvalue weighted by Gasteiger charge is 2.26. The van der Waals surface area contributed by atoms with E-state index in [4.69, 9.17) is 9.84 Å². The molecule has 5 rings (SSSR count). The highest BCUT2D eigenvalue weighted by Crippen LogP contribution is 2.39. The fourth-order valence-corrected chi connectivity index (χ4v) is 6.03. The van der Waals surface area contributed by atoms with Crippen molar-refractivity contribution in [2.75, 3.05) is 7.11 Å². The molecule has 0 spiro atoms. The number of carbonyl (C=O) groups excluding carboxylic acids is 1. The van der Waals surface area contributed by atoms with Crippen LogP contribution in [0.4, 0.5) is 9.18 Å². The number of halogens is 1. The zero-order chi connectivity index (χ0) is 26.8. The molecule has 1 aromatic carbocycles. The number of methoxy groups -OCH3 is 1. The Kier molecular flexibility index (Phi) is 7.03. The van der Waals surface area contributed by atoms with Gasteiger partial charge >= 0.3 is 6.09 Å². The zero-order valence-electron chi connectivity index (χ0n) is 20.8. The van der Waals surface area contributed by atoms with Crippen molar-refractivity contribution in [3.05, 3.63) is 65.5 Å². The van der Waals surface area contributed by atoms with Crippen LogP contribution in [0.2, 0.25) is 0 Å². The van der Waals surface area contributed by atoms with E-state index >= 15 is 0 Å². The molecule has 3 aromatic heterocycles. The summed E-state index contributed by atoms with van der Waals surface area (Å²) < 4.78 is 22.1. The molecule has 0 radical (unpaired) electrons. The molecular weight excluding hydrogens is 505 g/mol. The van der Waals surface area contributed by atoms with Gasteiger partial charge < -0.3 is 10.1 Å². The lowest BCUT2D eigenvalue weighted by Crippen LogP contribution is -2.38. The van der Waals surface area contributed by atoms with E-state index in [1.165, 1.54) is 37.2 Å². The van der Waals surface area contributed by atoms with Crippen LogP contribution in [0.15, 0.2) is 52.6 Å². The predicted molar refractivity (Wildman–Crippen MR) is 138 cm³/mol. The third kappa shape index (κ3) is 4.81. The number of rotatable bonds is 5. The van der Waals surface area contributed by atoms with Crippen LogP contribution >= 0.6 is 11.8 Å². The Bertz CT molecular complexity index is 1610. The van der Waals surface area contributed by atoms with E-state index in [-0.39, 0.29) is 17.6 Å². The first-order chi connectivity index (χ1) is 18.4. The zero-order valence-corrected chi connectivity index (χ0v) is 21.6. The maximum absolute atomic E-state index is 13.7. The summed E-state index contributed by atoms with van der Waals surface area (Å²) in [6.45, 7) is 2.02. The molecule has 9 nitrogen and oxygen atoms in total. The fraction of sp³-hybridized carbons (Fsp3) is 0.296. The van der Waals surface area contributed by atoms with Crippen LogP contribution in [0.1, 0.15) is 48.5 Å². The lowest BCUT2D eigenvalue weighted by atomic mass is 9.91. The maximum atomic E-state index is 13.7. The number of fused-ring (bicyclic) bond motifs is 1. The molecule has 1 aliphatic carbocycles. The number of alkyl carbamates (subject to hydrolysis) is 1. The number of benzene rings is 1. The largest absolute Gasteiger partial charge is 0.453 e. The van der Waals surface area contributed by atoms with Crippen molar-refractivity contribution in [3.63, 3.8) is 0 Å². The number of aromatic nitrogens is 4. The van der Waals surface area contributed by atoms with E-state index in [0.717, 1.165) is 47.4 Å². The van der Waals surface area contributed by atoms with Gasteiger partial charge in [-0.2, -0.15) is 20.7 Å². The molecule has 11 heteroatoms. The van der Waals surface area contributed by atoms with E-state index in [9.17, 15) is 19.7 Å². The molecule has 1 aliphatic rings. The number of nitrogens with one attached hydrogen (secondary N) is 1. The molecule has 0 aliphatic heterocycles. The van der Waals surface area contributed by atoms with Crippen LogP contribution in [-0.4, -0.2) is 38.6 Å². The number of carbonyl (C=O) groups is 1. The van der Waals surface area contributed by atoms with Crippen molar-refractivity contribution in [2.45, 2.75) is 54.5 Å². The Labute approximate surface area is 222 Å². The summed E-state index contributed by atoms with van der Waals surface area (Å²) in [4.78, 5) is 12.9. The normalized spacial score (nSPS) is 17.1. The smallest absolute Gasteiger partial charge is 0.407 e. The average Bonchev–Trinajstić information content (AvgIpc) is 3.53. The monoisotopic (exact) mass is 529 g/mol. The van der Waals surface area contributed by atoms with Gasteiger partial charge in [0.1, 0.15) is 18.0 Å². The van der Waals surface area contributed by atoms with Crippen molar-refractivity contribution >= 4 is 23.4 Å². The highest BCUT2D eigenvalue weighted by atomic mass is 32.2. The van der Waals surface area contributed by atoms with Crippen LogP contribution in [0.3, 0.4) is 0 Å². The lowest BCUT2D eigenvalue weighted by Gasteiger charge is -2.29. The number of amides is 1. The highest BCUT2D eigenvalue weighted by molar-refractivity contribution is 7.99. The Hall–Kier alpha value is -4.35. The number of hydrogen-bond donors (Lipinski definition) is 1. The van der Waals surface area contributed by atoms with E-state index < -0.39 is 11.9 Å². The molecule has 1 amide bonds. The van der Waals surface area contributed by atoms with E-state index in [1.807, 2.05) is 36.1 Å². The van der Waals surface area contributed by atoms with Gasteiger partial charge in [0.25, 0.3) is 0 Å². The summed E-state index contributed by atoms with van der Waals surface area (Å²) in [5.74, 6) is -0.481. The quantitative estimate of drug-likeness (QED) is 0.368. The fourth-order valence-electron chi connectivity index (χ4n) is 4.95. The Morgan fingerprint density at radius 3 is 2.58 bits per heavy atom. The van der Waals surface area contributed by atoms with Crippen LogP contribution in [0.25, 0.3) is 16.6 Å². The summed E-state index contributed by atoms with van der Waals surface area (Å²) in [5.41, 5.74) is 4.03. The Morgan fingerprint density at radius 1 is 1.11 bits per heavy atom. The molecule has 0 saturated heterocycles. The van der Waals surface area contributed by atoms with E-state index in [1.54, 1.807) is 10.6 Å². The maximum Gasteiger partial charge on any atom is 0.407 e. The number of ether oxygens (including phenoxy) is 1. The number of pyridine rings is 1. The van der Waals surface area contributed by atoms with Gasteiger partial charge in [-0.1, -0.05) is 11.8 Å².